The van der Waals surface area contributed by atoms with Gasteiger partial charge in [-0.25, -0.2) is 0 Å². The van der Waals surface area contributed by atoms with Gasteiger partial charge >= 0.3 is 10.2 Å². The zero-order valence-corrected chi connectivity index (χ0v) is 13.4. The van der Waals surface area contributed by atoms with Crippen LogP contribution in [0.15, 0.2) is 48.5 Å². The molecule has 1 heterocycles. The van der Waals surface area contributed by atoms with E-state index in [9.17, 15) is 17.1 Å². The first kappa shape index (κ1) is 16.3. The lowest BCUT2D eigenvalue weighted by molar-refractivity contribution is -0.117. The maximum absolute atomic E-state index is 13.1. The van der Waals surface area contributed by atoms with Gasteiger partial charge in [0, 0.05) is 24.3 Å². The number of nitrogen functional groups attached to an aromatic ring is 1. The van der Waals surface area contributed by atoms with Crippen LogP contribution in [-0.2, 0) is 15.0 Å². The average molecular weight is 350 g/mol. The molecule has 1 aliphatic heterocycles. The Kier molecular flexibility index (Phi) is 4.15. The molecule has 1 fully saturated rings. The summed E-state index contributed by atoms with van der Waals surface area (Å²) in [5.74, 6) is 0.732. The standard InChI is InChI=1S/C16H15FN2O4S/c17-24(21,22)15-9-16(20)19(10-15)12-3-7-14(8-4-12)23-13-5-1-11(18)2-6-13/h1-8,15H,9-10,18H2. The Morgan fingerprint density at radius 2 is 1.58 bits per heavy atom. The van der Waals surface area contributed by atoms with Gasteiger partial charge in [0.2, 0.25) is 5.91 Å². The van der Waals surface area contributed by atoms with Crippen LogP contribution in [0.5, 0.6) is 11.5 Å². The zero-order valence-electron chi connectivity index (χ0n) is 12.6. The number of hydrogen-bond donors (Lipinski definition) is 1. The molecule has 126 valence electrons. The van der Waals surface area contributed by atoms with Crippen molar-refractivity contribution in [1.29, 1.82) is 0 Å². The van der Waals surface area contributed by atoms with E-state index in [1.165, 1.54) is 4.90 Å². The molecule has 3 rings (SSSR count). The van der Waals surface area contributed by atoms with Gasteiger partial charge in [0.25, 0.3) is 0 Å². The summed E-state index contributed by atoms with van der Waals surface area (Å²) >= 11 is 0. The molecule has 1 unspecified atom stereocenters. The van der Waals surface area contributed by atoms with Crippen LogP contribution in [0.3, 0.4) is 0 Å². The van der Waals surface area contributed by atoms with E-state index in [2.05, 4.69) is 0 Å². The van der Waals surface area contributed by atoms with E-state index in [0.29, 0.717) is 22.9 Å². The van der Waals surface area contributed by atoms with Crippen LogP contribution in [0, 0.1) is 0 Å². The molecule has 0 saturated carbocycles. The molecule has 2 aromatic carbocycles. The second kappa shape index (κ2) is 6.12. The van der Waals surface area contributed by atoms with Crippen molar-refractivity contribution in [2.24, 2.45) is 0 Å². The minimum atomic E-state index is -4.73. The molecule has 1 amide bonds. The van der Waals surface area contributed by atoms with E-state index < -0.39 is 21.4 Å². The Morgan fingerprint density at radius 3 is 2.08 bits per heavy atom. The van der Waals surface area contributed by atoms with Crippen molar-refractivity contribution >= 4 is 27.5 Å². The number of amides is 1. The summed E-state index contributed by atoms with van der Waals surface area (Å²) in [6.07, 6.45) is -0.345. The van der Waals surface area contributed by atoms with Crippen molar-refractivity contribution in [3.8, 4) is 11.5 Å². The van der Waals surface area contributed by atoms with Gasteiger partial charge in [0.1, 0.15) is 16.7 Å². The Bertz CT molecular complexity index is 851. The molecule has 1 atom stereocenters. The first-order chi connectivity index (χ1) is 11.3. The third-order valence-electron chi connectivity index (χ3n) is 3.75. The molecule has 2 N–H and O–H groups in total. The molecular weight excluding hydrogens is 335 g/mol. The van der Waals surface area contributed by atoms with Crippen LogP contribution in [0.4, 0.5) is 15.3 Å². The van der Waals surface area contributed by atoms with E-state index >= 15 is 0 Å². The fraction of sp³-hybridized carbons (Fsp3) is 0.188. The van der Waals surface area contributed by atoms with Gasteiger partial charge < -0.3 is 15.4 Å². The van der Waals surface area contributed by atoms with Crippen LogP contribution in [-0.4, -0.2) is 26.1 Å². The average Bonchev–Trinajstić information content (AvgIpc) is 2.93. The third kappa shape index (κ3) is 3.48. The molecule has 0 aliphatic carbocycles. The first-order valence-electron chi connectivity index (χ1n) is 7.20. The van der Waals surface area contributed by atoms with Crippen LogP contribution in [0.1, 0.15) is 6.42 Å². The van der Waals surface area contributed by atoms with Gasteiger partial charge in [0.05, 0.1) is 0 Å². The predicted molar refractivity (Wildman–Crippen MR) is 88.2 cm³/mol. The quantitative estimate of drug-likeness (QED) is 0.676. The normalized spacial score (nSPS) is 18.0. The Balaban J connectivity index is 1.73. The van der Waals surface area contributed by atoms with E-state index in [0.717, 1.165) is 0 Å². The van der Waals surface area contributed by atoms with E-state index in [-0.39, 0.29) is 13.0 Å². The van der Waals surface area contributed by atoms with Gasteiger partial charge in [-0.3, -0.25) is 4.79 Å². The number of carbonyl (C=O) groups excluding carboxylic acids is 1. The summed E-state index contributed by atoms with van der Waals surface area (Å²) < 4.78 is 40.6. The summed E-state index contributed by atoms with van der Waals surface area (Å²) in [6, 6.07) is 13.4. The molecule has 1 saturated heterocycles. The number of ether oxygens (including phenoxy) is 1. The molecule has 8 heteroatoms. The molecule has 6 nitrogen and oxygen atoms in total. The van der Waals surface area contributed by atoms with E-state index in [4.69, 9.17) is 10.5 Å². The fourth-order valence-electron chi connectivity index (χ4n) is 2.48. The summed E-state index contributed by atoms with van der Waals surface area (Å²) in [4.78, 5) is 13.2. The Hall–Kier alpha value is -2.61. The number of rotatable bonds is 4. The maximum Gasteiger partial charge on any atom is 0.307 e. The summed E-state index contributed by atoms with van der Waals surface area (Å²) in [6.45, 7) is -0.185. The lowest BCUT2D eigenvalue weighted by Gasteiger charge is -2.16. The first-order valence-corrected chi connectivity index (χ1v) is 8.65. The minimum absolute atomic E-state index is 0.185. The number of carbonyl (C=O) groups is 1. The Morgan fingerprint density at radius 1 is 1.04 bits per heavy atom. The highest BCUT2D eigenvalue weighted by Crippen LogP contribution is 2.29. The molecule has 0 radical (unpaired) electrons. The van der Waals surface area contributed by atoms with E-state index in [1.807, 2.05) is 0 Å². The highest BCUT2D eigenvalue weighted by Gasteiger charge is 2.39. The lowest BCUT2D eigenvalue weighted by atomic mass is 10.2. The molecule has 0 spiro atoms. The monoisotopic (exact) mass is 350 g/mol. The van der Waals surface area contributed by atoms with Crippen LogP contribution in [0.25, 0.3) is 0 Å². The molecule has 1 aliphatic rings. The van der Waals surface area contributed by atoms with Crippen LogP contribution < -0.4 is 15.4 Å². The number of hydrogen-bond acceptors (Lipinski definition) is 5. The summed E-state index contributed by atoms with van der Waals surface area (Å²) in [5, 5.41) is -1.31. The van der Waals surface area contributed by atoms with Crippen molar-refractivity contribution in [2.45, 2.75) is 11.7 Å². The third-order valence-corrected chi connectivity index (χ3v) is 4.86. The van der Waals surface area contributed by atoms with Crippen molar-refractivity contribution in [2.75, 3.05) is 17.2 Å². The van der Waals surface area contributed by atoms with Crippen molar-refractivity contribution in [3.05, 3.63) is 48.5 Å². The Labute approximate surface area is 138 Å². The number of nitrogens with zero attached hydrogens (tertiary/aromatic N) is 1. The highest BCUT2D eigenvalue weighted by atomic mass is 32.3. The number of nitrogens with two attached hydrogens (primary N) is 1. The van der Waals surface area contributed by atoms with Crippen molar-refractivity contribution in [3.63, 3.8) is 0 Å². The molecular formula is C16H15FN2O4S. The molecule has 0 bridgehead atoms. The maximum atomic E-state index is 13.1. The minimum Gasteiger partial charge on any atom is -0.457 e. The fourth-order valence-corrected chi connectivity index (χ4v) is 3.15. The van der Waals surface area contributed by atoms with Crippen LogP contribution in [0.2, 0.25) is 0 Å². The molecule has 0 aromatic heterocycles. The van der Waals surface area contributed by atoms with Gasteiger partial charge in [-0.2, -0.15) is 8.42 Å². The summed E-state index contributed by atoms with van der Waals surface area (Å²) in [7, 11) is -4.73. The molecule has 24 heavy (non-hydrogen) atoms. The van der Waals surface area contributed by atoms with E-state index in [1.54, 1.807) is 48.5 Å². The number of halogens is 1. The van der Waals surface area contributed by atoms with Crippen molar-refractivity contribution in [1.82, 2.24) is 0 Å². The largest absolute Gasteiger partial charge is 0.457 e. The SMILES string of the molecule is Nc1ccc(Oc2ccc(N3CC(S(=O)(=O)F)CC3=O)cc2)cc1. The number of anilines is 2. The van der Waals surface area contributed by atoms with Gasteiger partial charge in [-0.05, 0) is 48.5 Å². The smallest absolute Gasteiger partial charge is 0.307 e. The number of benzene rings is 2. The zero-order chi connectivity index (χ0) is 17.3. The van der Waals surface area contributed by atoms with Gasteiger partial charge in [0.15, 0.2) is 0 Å². The summed E-state index contributed by atoms with van der Waals surface area (Å²) in [5.41, 5.74) is 6.73. The lowest BCUT2D eigenvalue weighted by Crippen LogP contribution is -2.26. The van der Waals surface area contributed by atoms with Gasteiger partial charge in [-0.15, -0.1) is 3.89 Å². The second-order valence-electron chi connectivity index (χ2n) is 5.47. The second-order valence-corrected chi connectivity index (χ2v) is 7.09. The predicted octanol–water partition coefficient (Wildman–Crippen LogP) is 2.47. The topological polar surface area (TPSA) is 89.7 Å². The molecule has 2 aromatic rings. The van der Waals surface area contributed by atoms with Crippen LogP contribution >= 0.6 is 0 Å². The van der Waals surface area contributed by atoms with Gasteiger partial charge in [-0.1, -0.05) is 0 Å². The van der Waals surface area contributed by atoms with Crippen molar-refractivity contribution < 1.29 is 21.8 Å². The highest BCUT2D eigenvalue weighted by molar-refractivity contribution is 7.87.